The first-order valence-electron chi connectivity index (χ1n) is 7.55. The van der Waals surface area contributed by atoms with E-state index in [-0.39, 0.29) is 31.0 Å². The summed E-state index contributed by atoms with van der Waals surface area (Å²) >= 11 is 0. The molecule has 4 aromatic rings. The first-order valence-corrected chi connectivity index (χ1v) is 7.55. The Morgan fingerprint density at radius 3 is 1.56 bits per heavy atom. The maximum atomic E-state index is 10.00. The van der Waals surface area contributed by atoms with Gasteiger partial charge in [0.25, 0.3) is 0 Å². The second-order valence-corrected chi connectivity index (χ2v) is 5.60. The third-order valence-corrected chi connectivity index (χ3v) is 4.06. The molecule has 0 atom stereocenters. The molecule has 5 nitrogen and oxygen atoms in total. The molecule has 2 aromatic heterocycles. The Bertz CT molecular complexity index is 984. The number of phenols is 2. The summed E-state index contributed by atoms with van der Waals surface area (Å²) < 4.78 is 0. The van der Waals surface area contributed by atoms with Crippen molar-refractivity contribution in [1.82, 2.24) is 9.97 Å². The second-order valence-electron chi connectivity index (χ2n) is 5.60. The van der Waals surface area contributed by atoms with Crippen LogP contribution in [-0.2, 0) is 19.5 Å². The van der Waals surface area contributed by atoms with E-state index in [2.05, 4.69) is 9.97 Å². The number of hydrogen-bond donors (Lipinski definition) is 2. The molecule has 0 fully saturated rings. The Morgan fingerprint density at radius 1 is 0.680 bits per heavy atom. The van der Waals surface area contributed by atoms with Crippen LogP contribution < -0.4 is 4.90 Å². The van der Waals surface area contributed by atoms with Gasteiger partial charge in [-0.05, 0) is 36.4 Å². The number of para-hydroxylation sites is 2. The smallest absolute Gasteiger partial charge is 0.141 e. The molecule has 2 aromatic carbocycles. The number of anilines is 2. The van der Waals surface area contributed by atoms with Crippen LogP contribution >= 0.6 is 0 Å². The van der Waals surface area contributed by atoms with Gasteiger partial charge in [0.1, 0.15) is 34.2 Å². The van der Waals surface area contributed by atoms with E-state index in [1.807, 2.05) is 48.3 Å². The van der Waals surface area contributed by atoms with Gasteiger partial charge in [0.05, 0.1) is 0 Å². The van der Waals surface area contributed by atoms with Crippen molar-refractivity contribution in [1.29, 1.82) is 0 Å². The zero-order valence-corrected chi connectivity index (χ0v) is 16.7. The molecule has 6 heteroatoms. The van der Waals surface area contributed by atoms with E-state index in [9.17, 15) is 10.2 Å². The minimum atomic E-state index is 0. The molecule has 0 spiro atoms. The maximum absolute atomic E-state index is 10.00. The number of nitrogens with zero attached hydrogens (tertiary/aromatic N) is 3. The first-order chi connectivity index (χ1) is 11.6. The molecule has 0 aliphatic heterocycles. The topological polar surface area (TPSA) is 69.5 Å². The summed E-state index contributed by atoms with van der Waals surface area (Å²) in [5.41, 5.74) is 1.09. The quantitative estimate of drug-likeness (QED) is 0.514. The van der Waals surface area contributed by atoms with Crippen LogP contribution in [0, 0.1) is 0 Å². The molecule has 0 aliphatic rings. The van der Waals surface area contributed by atoms with E-state index < -0.39 is 0 Å². The number of rotatable bonds is 2. The minimum Gasteiger partial charge on any atom is -0.506 e. The number of hydrogen-bond acceptors (Lipinski definition) is 5. The van der Waals surface area contributed by atoms with Crippen LogP contribution in [-0.4, -0.2) is 27.2 Å². The van der Waals surface area contributed by atoms with E-state index in [1.54, 1.807) is 24.3 Å². The van der Waals surface area contributed by atoms with Crippen LogP contribution in [0.15, 0.2) is 60.7 Å². The Hall–Kier alpha value is -2.72. The second kappa shape index (κ2) is 6.65. The van der Waals surface area contributed by atoms with E-state index >= 15 is 0 Å². The fourth-order valence-corrected chi connectivity index (χ4v) is 2.73. The molecule has 0 amide bonds. The third kappa shape index (κ3) is 3.01. The molecule has 0 bridgehead atoms. The van der Waals surface area contributed by atoms with Crippen molar-refractivity contribution < 1.29 is 29.7 Å². The summed E-state index contributed by atoms with van der Waals surface area (Å²) in [5.74, 6) is 1.61. The van der Waals surface area contributed by atoms with Gasteiger partial charge in [-0.2, -0.15) is 0 Å². The summed E-state index contributed by atoms with van der Waals surface area (Å²) in [6.45, 7) is 0. The van der Waals surface area contributed by atoms with Crippen molar-refractivity contribution in [2.75, 3.05) is 11.9 Å². The van der Waals surface area contributed by atoms with Gasteiger partial charge in [-0.25, -0.2) is 9.97 Å². The molecule has 0 radical (unpaired) electrons. The minimum absolute atomic E-state index is 0. The van der Waals surface area contributed by atoms with Crippen molar-refractivity contribution in [3.05, 3.63) is 60.7 Å². The fraction of sp³-hybridized carbons (Fsp3) is 0.0526. The van der Waals surface area contributed by atoms with Crippen LogP contribution in [0.25, 0.3) is 21.8 Å². The largest absolute Gasteiger partial charge is 0.506 e. The molecular weight excluding hydrogens is 368 g/mol. The summed E-state index contributed by atoms with van der Waals surface area (Å²) in [4.78, 5) is 10.9. The zero-order valence-electron chi connectivity index (χ0n) is 13.7. The summed E-state index contributed by atoms with van der Waals surface area (Å²) in [6.07, 6.45) is 0. The van der Waals surface area contributed by atoms with Gasteiger partial charge in [0.15, 0.2) is 0 Å². The van der Waals surface area contributed by atoms with Crippen molar-refractivity contribution in [3.8, 4) is 11.5 Å². The van der Waals surface area contributed by atoms with Gasteiger partial charge >= 0.3 is 0 Å². The summed E-state index contributed by atoms with van der Waals surface area (Å²) in [7, 11) is 1.85. The standard InChI is InChI=1S/C19H15N3O2.Zn/c1-22(16-10-8-12-4-2-6-14(23)18(12)20-16)17-11-9-13-5-3-7-15(24)19(13)21-17;/h2-11,23-24H,1H3;. The molecule has 120 valence electrons. The molecule has 2 N–H and O–H groups in total. The molecular formula is C19H15N3O2Zn. The van der Waals surface area contributed by atoms with Crippen molar-refractivity contribution >= 4 is 33.4 Å². The molecule has 0 unspecified atom stereocenters. The van der Waals surface area contributed by atoms with Crippen LogP contribution in [0.1, 0.15) is 0 Å². The Labute approximate surface area is 157 Å². The number of benzene rings is 2. The molecule has 2 heterocycles. The van der Waals surface area contributed by atoms with Gasteiger partial charge in [0, 0.05) is 37.3 Å². The predicted molar refractivity (Wildman–Crippen MR) is 94.9 cm³/mol. The summed E-state index contributed by atoms with van der Waals surface area (Å²) in [5, 5.41) is 21.7. The van der Waals surface area contributed by atoms with Crippen LogP contribution in [0.2, 0.25) is 0 Å². The van der Waals surface area contributed by atoms with Gasteiger partial charge in [0.2, 0.25) is 0 Å². The normalized spacial score (nSPS) is 10.6. The molecule has 0 saturated heterocycles. The monoisotopic (exact) mass is 381 g/mol. The van der Waals surface area contributed by atoms with E-state index in [1.165, 1.54) is 0 Å². The predicted octanol–water partition coefficient (Wildman–Crippen LogP) is 3.96. The number of fused-ring (bicyclic) bond motifs is 2. The number of phenolic OH excluding ortho intramolecular Hbond substituents is 2. The summed E-state index contributed by atoms with van der Waals surface area (Å²) in [6, 6.07) is 18.2. The van der Waals surface area contributed by atoms with E-state index in [4.69, 9.17) is 0 Å². The maximum Gasteiger partial charge on any atom is 0.141 e. The van der Waals surface area contributed by atoms with Crippen molar-refractivity contribution in [3.63, 3.8) is 0 Å². The van der Waals surface area contributed by atoms with E-state index in [0.29, 0.717) is 22.7 Å². The molecule has 25 heavy (non-hydrogen) atoms. The van der Waals surface area contributed by atoms with E-state index in [0.717, 1.165) is 10.8 Å². The first kappa shape index (κ1) is 17.1. The Balaban J connectivity index is 0.00000182. The third-order valence-electron chi connectivity index (χ3n) is 4.06. The van der Waals surface area contributed by atoms with Gasteiger partial charge < -0.3 is 15.1 Å². The van der Waals surface area contributed by atoms with Gasteiger partial charge in [-0.1, -0.05) is 24.3 Å². The van der Waals surface area contributed by atoms with Crippen LogP contribution in [0.3, 0.4) is 0 Å². The SMILES string of the molecule is CN(c1ccc2cccc(O)c2n1)c1ccc2cccc(O)c2n1.[Zn]. The van der Waals surface area contributed by atoms with Crippen molar-refractivity contribution in [2.24, 2.45) is 0 Å². The van der Waals surface area contributed by atoms with Crippen LogP contribution in [0.4, 0.5) is 11.6 Å². The fourth-order valence-electron chi connectivity index (χ4n) is 2.73. The number of aromatic nitrogens is 2. The van der Waals surface area contributed by atoms with Gasteiger partial charge in [-0.15, -0.1) is 0 Å². The van der Waals surface area contributed by atoms with Crippen molar-refractivity contribution in [2.45, 2.75) is 0 Å². The average Bonchev–Trinajstić information content (AvgIpc) is 2.61. The molecule has 4 rings (SSSR count). The zero-order chi connectivity index (χ0) is 16.7. The Kier molecular flexibility index (Phi) is 4.55. The van der Waals surface area contributed by atoms with Gasteiger partial charge in [-0.3, -0.25) is 0 Å². The number of aromatic hydroxyl groups is 2. The number of pyridine rings is 2. The Morgan fingerprint density at radius 2 is 1.12 bits per heavy atom. The molecule has 0 aliphatic carbocycles. The average molecular weight is 383 g/mol. The van der Waals surface area contributed by atoms with Crippen LogP contribution in [0.5, 0.6) is 11.5 Å². The molecule has 0 saturated carbocycles.